The molecule has 14 heavy (non-hydrogen) atoms. The third-order valence-electron chi connectivity index (χ3n) is 1.74. The minimum atomic E-state index is 0.587. The van der Waals surface area contributed by atoms with Crippen molar-refractivity contribution in [1.29, 1.82) is 0 Å². The van der Waals surface area contributed by atoms with Crippen molar-refractivity contribution in [2.45, 2.75) is 6.92 Å². The molecule has 0 fully saturated rings. The minimum absolute atomic E-state index is 0.587. The van der Waals surface area contributed by atoms with E-state index in [4.69, 9.17) is 0 Å². The van der Waals surface area contributed by atoms with Crippen molar-refractivity contribution in [3.63, 3.8) is 0 Å². The van der Waals surface area contributed by atoms with Gasteiger partial charge in [-0.2, -0.15) is 5.10 Å². The van der Waals surface area contributed by atoms with Crippen LogP contribution in [0.4, 0.5) is 11.6 Å². The molecule has 2 aromatic rings. The smallest absolute Gasteiger partial charge is 0.227 e. The minimum Gasteiger partial charge on any atom is -0.321 e. The first-order chi connectivity index (χ1) is 6.74. The Labute approximate surface area is 81.8 Å². The van der Waals surface area contributed by atoms with Gasteiger partial charge in [0.2, 0.25) is 5.95 Å². The lowest BCUT2D eigenvalue weighted by Gasteiger charge is -2.00. The van der Waals surface area contributed by atoms with Crippen LogP contribution in [0.3, 0.4) is 0 Å². The van der Waals surface area contributed by atoms with Crippen LogP contribution in [0.2, 0.25) is 0 Å². The Hall–Kier alpha value is -1.91. The van der Waals surface area contributed by atoms with Gasteiger partial charge in [0.05, 0.1) is 11.9 Å². The number of nitrogens with zero attached hydrogens (tertiary/aromatic N) is 4. The Morgan fingerprint density at radius 3 is 2.50 bits per heavy atom. The topological polar surface area (TPSA) is 55.6 Å². The standard InChI is InChI=1S/C9H11N5/c1-7-3-10-9(11-4-7)13-8-5-12-14(2)6-8/h3-6H,1-2H3,(H,10,11,13). The van der Waals surface area contributed by atoms with Gasteiger partial charge in [-0.05, 0) is 12.5 Å². The lowest BCUT2D eigenvalue weighted by Crippen LogP contribution is -1.95. The second kappa shape index (κ2) is 3.45. The van der Waals surface area contributed by atoms with E-state index in [1.54, 1.807) is 23.3 Å². The molecule has 0 amide bonds. The van der Waals surface area contributed by atoms with Crippen LogP contribution in [0.5, 0.6) is 0 Å². The number of rotatable bonds is 2. The average Bonchev–Trinajstić information content (AvgIpc) is 2.56. The van der Waals surface area contributed by atoms with Gasteiger partial charge in [-0.3, -0.25) is 4.68 Å². The van der Waals surface area contributed by atoms with Crippen LogP contribution in [-0.4, -0.2) is 19.7 Å². The summed E-state index contributed by atoms with van der Waals surface area (Å²) in [4.78, 5) is 8.25. The zero-order valence-electron chi connectivity index (χ0n) is 8.10. The maximum absolute atomic E-state index is 4.12. The lowest BCUT2D eigenvalue weighted by molar-refractivity contribution is 0.768. The molecule has 72 valence electrons. The van der Waals surface area contributed by atoms with Crippen molar-refractivity contribution in [3.05, 3.63) is 30.4 Å². The second-order valence-electron chi connectivity index (χ2n) is 3.11. The predicted molar refractivity (Wildman–Crippen MR) is 53.3 cm³/mol. The summed E-state index contributed by atoms with van der Waals surface area (Å²) >= 11 is 0. The Bertz CT molecular complexity index is 417. The summed E-state index contributed by atoms with van der Waals surface area (Å²) in [6, 6.07) is 0. The molecule has 5 heteroatoms. The molecule has 5 nitrogen and oxygen atoms in total. The van der Waals surface area contributed by atoms with Crippen molar-refractivity contribution in [2.24, 2.45) is 7.05 Å². The van der Waals surface area contributed by atoms with Crippen molar-refractivity contribution in [1.82, 2.24) is 19.7 Å². The largest absolute Gasteiger partial charge is 0.321 e. The number of aromatic nitrogens is 4. The quantitative estimate of drug-likeness (QED) is 0.772. The van der Waals surface area contributed by atoms with E-state index in [1.807, 2.05) is 20.2 Å². The van der Waals surface area contributed by atoms with E-state index in [0.717, 1.165) is 11.3 Å². The number of hydrogen-bond acceptors (Lipinski definition) is 4. The zero-order valence-corrected chi connectivity index (χ0v) is 8.10. The van der Waals surface area contributed by atoms with Crippen LogP contribution < -0.4 is 5.32 Å². The molecule has 0 aliphatic heterocycles. The Balaban J connectivity index is 2.15. The molecule has 0 radical (unpaired) electrons. The van der Waals surface area contributed by atoms with Gasteiger partial charge >= 0.3 is 0 Å². The third-order valence-corrected chi connectivity index (χ3v) is 1.74. The SMILES string of the molecule is Cc1cnc(Nc2cnn(C)c2)nc1. The van der Waals surface area contributed by atoms with Gasteiger partial charge in [0, 0.05) is 25.6 Å². The summed E-state index contributed by atoms with van der Waals surface area (Å²) in [5.74, 6) is 0.587. The van der Waals surface area contributed by atoms with E-state index < -0.39 is 0 Å². The first-order valence-corrected chi connectivity index (χ1v) is 4.28. The molecular formula is C9H11N5. The highest BCUT2D eigenvalue weighted by Gasteiger charge is 1.98. The highest BCUT2D eigenvalue weighted by atomic mass is 15.3. The first kappa shape index (κ1) is 8.68. The molecule has 2 aromatic heterocycles. The van der Waals surface area contributed by atoms with E-state index in [2.05, 4.69) is 20.4 Å². The molecule has 2 heterocycles. The fourth-order valence-electron chi connectivity index (χ4n) is 1.07. The van der Waals surface area contributed by atoms with Crippen LogP contribution in [0.15, 0.2) is 24.8 Å². The normalized spacial score (nSPS) is 10.1. The highest BCUT2D eigenvalue weighted by molar-refractivity contribution is 5.49. The van der Waals surface area contributed by atoms with E-state index >= 15 is 0 Å². The van der Waals surface area contributed by atoms with Crippen LogP contribution >= 0.6 is 0 Å². The van der Waals surface area contributed by atoms with Gasteiger partial charge < -0.3 is 5.32 Å². The van der Waals surface area contributed by atoms with Crippen LogP contribution in [-0.2, 0) is 7.05 Å². The monoisotopic (exact) mass is 189 g/mol. The molecule has 0 aromatic carbocycles. The van der Waals surface area contributed by atoms with Gasteiger partial charge in [0.1, 0.15) is 0 Å². The second-order valence-corrected chi connectivity index (χ2v) is 3.11. The summed E-state index contributed by atoms with van der Waals surface area (Å²) in [5, 5.41) is 7.08. The highest BCUT2D eigenvalue weighted by Crippen LogP contribution is 2.09. The van der Waals surface area contributed by atoms with E-state index in [1.165, 1.54) is 0 Å². The molecule has 0 atom stereocenters. The molecule has 0 spiro atoms. The van der Waals surface area contributed by atoms with E-state index in [9.17, 15) is 0 Å². The fraction of sp³-hybridized carbons (Fsp3) is 0.222. The molecule has 1 N–H and O–H groups in total. The van der Waals surface area contributed by atoms with Crippen LogP contribution in [0.25, 0.3) is 0 Å². The van der Waals surface area contributed by atoms with Crippen molar-refractivity contribution < 1.29 is 0 Å². The van der Waals surface area contributed by atoms with Crippen molar-refractivity contribution in [2.75, 3.05) is 5.32 Å². The summed E-state index contributed by atoms with van der Waals surface area (Å²) in [7, 11) is 1.86. The number of hydrogen-bond donors (Lipinski definition) is 1. The summed E-state index contributed by atoms with van der Waals surface area (Å²) < 4.78 is 1.72. The van der Waals surface area contributed by atoms with Gasteiger partial charge in [-0.25, -0.2) is 9.97 Å². The number of nitrogens with one attached hydrogen (secondary N) is 1. The lowest BCUT2D eigenvalue weighted by atomic mass is 10.4. The Morgan fingerprint density at radius 2 is 1.93 bits per heavy atom. The van der Waals surface area contributed by atoms with Gasteiger partial charge in [0.15, 0.2) is 0 Å². The summed E-state index contributed by atoms with van der Waals surface area (Å²) in [5.41, 5.74) is 1.93. The molecule has 0 aliphatic rings. The Morgan fingerprint density at radius 1 is 1.21 bits per heavy atom. The zero-order chi connectivity index (χ0) is 9.97. The van der Waals surface area contributed by atoms with Gasteiger partial charge in [0.25, 0.3) is 0 Å². The molecule has 0 saturated heterocycles. The molecule has 0 aliphatic carbocycles. The average molecular weight is 189 g/mol. The van der Waals surface area contributed by atoms with E-state index in [0.29, 0.717) is 5.95 Å². The maximum atomic E-state index is 4.12. The summed E-state index contributed by atoms with van der Waals surface area (Å²) in [6.07, 6.45) is 7.13. The Kier molecular flexibility index (Phi) is 2.14. The number of anilines is 2. The maximum Gasteiger partial charge on any atom is 0.227 e. The predicted octanol–water partition coefficient (Wildman–Crippen LogP) is 1.26. The molecular weight excluding hydrogens is 178 g/mol. The van der Waals surface area contributed by atoms with Crippen molar-refractivity contribution >= 4 is 11.6 Å². The molecule has 0 bridgehead atoms. The fourth-order valence-corrected chi connectivity index (χ4v) is 1.07. The van der Waals surface area contributed by atoms with Gasteiger partial charge in [-0.15, -0.1) is 0 Å². The molecule has 0 saturated carbocycles. The first-order valence-electron chi connectivity index (χ1n) is 4.28. The van der Waals surface area contributed by atoms with Crippen LogP contribution in [0, 0.1) is 6.92 Å². The van der Waals surface area contributed by atoms with Crippen molar-refractivity contribution in [3.8, 4) is 0 Å². The van der Waals surface area contributed by atoms with E-state index in [-0.39, 0.29) is 0 Å². The third kappa shape index (κ3) is 1.87. The van der Waals surface area contributed by atoms with Gasteiger partial charge in [-0.1, -0.05) is 0 Å². The van der Waals surface area contributed by atoms with Crippen LogP contribution in [0.1, 0.15) is 5.56 Å². The number of aryl methyl sites for hydroxylation is 2. The molecule has 2 rings (SSSR count). The molecule has 0 unspecified atom stereocenters. The summed E-state index contributed by atoms with van der Waals surface area (Å²) in [6.45, 7) is 1.95.